The van der Waals surface area contributed by atoms with Crippen LogP contribution in [0.15, 0.2) is 22.8 Å². The molecule has 0 aliphatic carbocycles. The highest BCUT2D eigenvalue weighted by atomic mass is 16.4. The van der Waals surface area contributed by atoms with Crippen molar-refractivity contribution >= 4 is 23.8 Å². The van der Waals surface area contributed by atoms with Crippen LogP contribution in [-0.4, -0.2) is 46.6 Å². The summed E-state index contributed by atoms with van der Waals surface area (Å²) in [7, 11) is 0. The third-order valence-corrected chi connectivity index (χ3v) is 2.17. The minimum absolute atomic E-state index is 0.00174. The fourth-order valence-corrected chi connectivity index (χ4v) is 1.28. The van der Waals surface area contributed by atoms with E-state index in [-0.39, 0.29) is 5.76 Å². The maximum absolute atomic E-state index is 11.4. The Morgan fingerprint density at radius 1 is 1.25 bits per heavy atom. The number of hydrogen-bond acceptors (Lipinski definition) is 5. The summed E-state index contributed by atoms with van der Waals surface area (Å²) in [6.45, 7) is -0.497. The van der Waals surface area contributed by atoms with Crippen molar-refractivity contribution in [3.8, 4) is 0 Å². The molecule has 0 bridgehead atoms. The van der Waals surface area contributed by atoms with Crippen LogP contribution in [0.3, 0.4) is 0 Å². The van der Waals surface area contributed by atoms with Crippen LogP contribution in [-0.2, 0) is 14.4 Å². The molecule has 1 atom stereocenters. The molecule has 0 fully saturated rings. The van der Waals surface area contributed by atoms with Crippen LogP contribution in [0.5, 0.6) is 0 Å². The summed E-state index contributed by atoms with van der Waals surface area (Å²) >= 11 is 0. The first-order valence-electron chi connectivity index (χ1n) is 5.46. The lowest BCUT2D eigenvalue weighted by Crippen LogP contribution is -2.46. The van der Waals surface area contributed by atoms with E-state index in [4.69, 9.17) is 14.6 Å². The van der Waals surface area contributed by atoms with Crippen LogP contribution in [0.4, 0.5) is 0 Å². The number of carbonyl (C=O) groups excluding carboxylic acids is 2. The van der Waals surface area contributed by atoms with E-state index in [9.17, 15) is 19.2 Å². The molecule has 1 aromatic rings. The van der Waals surface area contributed by atoms with Gasteiger partial charge in [0.1, 0.15) is 6.04 Å². The van der Waals surface area contributed by atoms with E-state index < -0.39 is 42.8 Å². The van der Waals surface area contributed by atoms with E-state index in [2.05, 4.69) is 5.32 Å². The highest BCUT2D eigenvalue weighted by Crippen LogP contribution is 1.98. The monoisotopic (exact) mass is 284 g/mol. The standard InChI is InChI=1S/C11H12N2O7/c14-8(13-6(11(18)19)4-9(15)16)5-12-10(17)7-2-1-3-20-7/h1-3,6H,4-5H2,(H,12,17)(H,13,14)(H,15,16)(H,18,19)/t6-/m0/s1. The van der Waals surface area contributed by atoms with Crippen molar-refractivity contribution < 1.29 is 33.8 Å². The third-order valence-electron chi connectivity index (χ3n) is 2.17. The minimum Gasteiger partial charge on any atom is -0.481 e. The van der Waals surface area contributed by atoms with Crippen LogP contribution in [0, 0.1) is 0 Å². The molecule has 1 heterocycles. The summed E-state index contributed by atoms with van der Waals surface area (Å²) in [6.07, 6.45) is 0.523. The molecule has 1 rings (SSSR count). The van der Waals surface area contributed by atoms with Gasteiger partial charge >= 0.3 is 11.9 Å². The smallest absolute Gasteiger partial charge is 0.326 e. The molecule has 0 aliphatic heterocycles. The Hall–Kier alpha value is -2.84. The molecular weight excluding hydrogens is 272 g/mol. The molecule has 0 spiro atoms. The van der Waals surface area contributed by atoms with E-state index >= 15 is 0 Å². The van der Waals surface area contributed by atoms with Gasteiger partial charge in [-0.1, -0.05) is 0 Å². The van der Waals surface area contributed by atoms with E-state index in [0.29, 0.717) is 0 Å². The number of nitrogens with one attached hydrogen (secondary N) is 2. The number of aliphatic carboxylic acids is 2. The predicted octanol–water partition coefficient (Wildman–Crippen LogP) is -0.946. The summed E-state index contributed by atoms with van der Waals surface area (Å²) < 4.78 is 4.78. The molecule has 0 radical (unpaired) electrons. The highest BCUT2D eigenvalue weighted by molar-refractivity contribution is 5.95. The summed E-state index contributed by atoms with van der Waals surface area (Å²) in [5.41, 5.74) is 0. The zero-order valence-electron chi connectivity index (χ0n) is 10.2. The van der Waals surface area contributed by atoms with Crippen molar-refractivity contribution in [1.82, 2.24) is 10.6 Å². The Labute approximate surface area is 112 Å². The third kappa shape index (κ3) is 4.80. The van der Waals surface area contributed by atoms with Gasteiger partial charge in [-0.2, -0.15) is 0 Å². The zero-order valence-corrected chi connectivity index (χ0v) is 10.2. The van der Waals surface area contributed by atoms with Crippen LogP contribution >= 0.6 is 0 Å². The number of rotatable bonds is 7. The Bertz CT molecular complexity index is 509. The number of hydrogen-bond donors (Lipinski definition) is 4. The van der Waals surface area contributed by atoms with E-state index in [1.807, 2.05) is 5.32 Å². The number of amides is 2. The van der Waals surface area contributed by atoms with Gasteiger partial charge in [0.15, 0.2) is 5.76 Å². The fraction of sp³-hybridized carbons (Fsp3) is 0.273. The van der Waals surface area contributed by atoms with Gasteiger partial charge in [0.05, 0.1) is 19.2 Å². The average molecular weight is 284 g/mol. The largest absolute Gasteiger partial charge is 0.481 e. The van der Waals surface area contributed by atoms with E-state index in [1.165, 1.54) is 18.4 Å². The molecule has 0 aromatic carbocycles. The average Bonchev–Trinajstić information content (AvgIpc) is 2.88. The molecular formula is C11H12N2O7. The van der Waals surface area contributed by atoms with Gasteiger partial charge in [-0.05, 0) is 12.1 Å². The van der Waals surface area contributed by atoms with E-state index in [0.717, 1.165) is 0 Å². The SMILES string of the molecule is O=C(O)C[C@H](NC(=O)CNC(=O)c1ccco1)C(=O)O. The first-order chi connectivity index (χ1) is 9.40. The van der Waals surface area contributed by atoms with Gasteiger partial charge in [0.25, 0.3) is 5.91 Å². The second-order valence-corrected chi connectivity index (χ2v) is 3.72. The van der Waals surface area contributed by atoms with Gasteiger partial charge in [-0.3, -0.25) is 14.4 Å². The molecule has 4 N–H and O–H groups in total. The maximum atomic E-state index is 11.4. The van der Waals surface area contributed by atoms with Crippen molar-refractivity contribution in [2.45, 2.75) is 12.5 Å². The molecule has 2 amide bonds. The first-order valence-corrected chi connectivity index (χ1v) is 5.46. The van der Waals surface area contributed by atoms with Crippen molar-refractivity contribution in [3.63, 3.8) is 0 Å². The molecule has 0 saturated heterocycles. The number of carboxylic acids is 2. The second-order valence-electron chi connectivity index (χ2n) is 3.72. The Kier molecular flexibility index (Phi) is 5.27. The molecule has 9 heteroatoms. The lowest BCUT2D eigenvalue weighted by Gasteiger charge is -2.12. The van der Waals surface area contributed by atoms with Gasteiger partial charge in [-0.15, -0.1) is 0 Å². The Balaban J connectivity index is 2.44. The van der Waals surface area contributed by atoms with Crippen molar-refractivity contribution in [2.24, 2.45) is 0 Å². The van der Waals surface area contributed by atoms with Gasteiger partial charge in [-0.25, -0.2) is 4.79 Å². The number of furan rings is 1. The van der Waals surface area contributed by atoms with Crippen LogP contribution < -0.4 is 10.6 Å². The van der Waals surface area contributed by atoms with E-state index in [1.54, 1.807) is 0 Å². The second kappa shape index (κ2) is 6.92. The zero-order chi connectivity index (χ0) is 15.1. The van der Waals surface area contributed by atoms with Crippen LogP contribution in [0.1, 0.15) is 17.0 Å². The fourth-order valence-electron chi connectivity index (χ4n) is 1.28. The lowest BCUT2D eigenvalue weighted by molar-refractivity contribution is -0.147. The molecule has 108 valence electrons. The summed E-state index contributed by atoms with van der Waals surface area (Å²) in [4.78, 5) is 43.9. The molecule has 0 saturated carbocycles. The number of carboxylic acid groups (broad SMARTS) is 2. The van der Waals surface area contributed by atoms with Crippen molar-refractivity contribution in [3.05, 3.63) is 24.2 Å². The summed E-state index contributed by atoms with van der Waals surface area (Å²) in [5.74, 6) is -4.30. The molecule has 1 aromatic heterocycles. The van der Waals surface area contributed by atoms with Crippen LogP contribution in [0.2, 0.25) is 0 Å². The normalized spacial score (nSPS) is 11.4. The van der Waals surface area contributed by atoms with Crippen molar-refractivity contribution in [2.75, 3.05) is 6.54 Å². The molecule has 0 aliphatic rings. The number of carbonyl (C=O) groups is 4. The molecule has 20 heavy (non-hydrogen) atoms. The molecule has 9 nitrogen and oxygen atoms in total. The topological polar surface area (TPSA) is 146 Å². The van der Waals surface area contributed by atoms with Gasteiger partial charge in [0.2, 0.25) is 5.91 Å². The van der Waals surface area contributed by atoms with Crippen molar-refractivity contribution in [1.29, 1.82) is 0 Å². The molecule has 0 unspecified atom stereocenters. The summed E-state index contributed by atoms with van der Waals surface area (Å²) in [5, 5.41) is 21.4. The van der Waals surface area contributed by atoms with Gasteiger partial charge < -0.3 is 25.3 Å². The minimum atomic E-state index is -1.56. The van der Waals surface area contributed by atoms with Gasteiger partial charge in [0, 0.05) is 0 Å². The quantitative estimate of drug-likeness (QED) is 0.505. The Morgan fingerprint density at radius 3 is 2.45 bits per heavy atom. The Morgan fingerprint density at radius 2 is 1.95 bits per heavy atom. The van der Waals surface area contributed by atoms with Crippen LogP contribution in [0.25, 0.3) is 0 Å². The predicted molar refractivity (Wildman–Crippen MR) is 62.9 cm³/mol. The highest BCUT2D eigenvalue weighted by Gasteiger charge is 2.23. The summed E-state index contributed by atoms with van der Waals surface area (Å²) in [6, 6.07) is 1.32. The lowest BCUT2D eigenvalue weighted by atomic mass is 10.2. The first kappa shape index (κ1) is 15.2. The maximum Gasteiger partial charge on any atom is 0.326 e.